The second kappa shape index (κ2) is 8.19. The molecule has 0 saturated carbocycles. The minimum Gasteiger partial charge on any atom is -0.507 e. The quantitative estimate of drug-likeness (QED) is 0.683. The molecule has 1 N–H and O–H groups in total. The lowest BCUT2D eigenvalue weighted by Crippen LogP contribution is -2.36. The van der Waals surface area contributed by atoms with Gasteiger partial charge in [0, 0.05) is 28.7 Å². The lowest BCUT2D eigenvalue weighted by molar-refractivity contribution is -0.0165. The Kier molecular flexibility index (Phi) is 5.38. The van der Waals surface area contributed by atoms with Crippen molar-refractivity contribution in [2.45, 2.75) is 45.4 Å². The van der Waals surface area contributed by atoms with Crippen LogP contribution in [0, 0.1) is 0 Å². The lowest BCUT2D eigenvalue weighted by Gasteiger charge is -2.33. The third kappa shape index (κ3) is 3.80. The largest absolute Gasteiger partial charge is 0.507 e. The Labute approximate surface area is 186 Å². The van der Waals surface area contributed by atoms with Crippen LogP contribution in [0.4, 0.5) is 0 Å². The number of ether oxygens (including phenoxy) is 3. The van der Waals surface area contributed by atoms with Gasteiger partial charge < -0.3 is 19.3 Å². The zero-order valence-corrected chi connectivity index (χ0v) is 18.1. The van der Waals surface area contributed by atoms with E-state index in [1.54, 1.807) is 30.3 Å². The summed E-state index contributed by atoms with van der Waals surface area (Å²) in [6.45, 7) is 4.25. The first-order chi connectivity index (χ1) is 15.0. The fraction of sp³-hybridized carbons (Fsp3) is 0.375. The third-order valence-corrected chi connectivity index (χ3v) is 6.43. The third-order valence-electron chi connectivity index (χ3n) is 6.21. The number of phenols is 1. The average Bonchev–Trinajstić information content (AvgIpc) is 3.07. The van der Waals surface area contributed by atoms with E-state index in [0.29, 0.717) is 52.4 Å². The summed E-state index contributed by atoms with van der Waals surface area (Å²) in [5, 5.41) is 11.1. The summed E-state index contributed by atoms with van der Waals surface area (Å²) in [7, 11) is 0. The van der Waals surface area contributed by atoms with Gasteiger partial charge >= 0.3 is 0 Å². The molecule has 3 heterocycles. The number of carbonyl (C=O) groups is 1. The fourth-order valence-corrected chi connectivity index (χ4v) is 4.75. The maximum atomic E-state index is 13.1. The number of hydrogen-bond acceptors (Lipinski definition) is 6. The van der Waals surface area contributed by atoms with E-state index >= 15 is 0 Å². The first-order valence-electron chi connectivity index (χ1n) is 10.6. The summed E-state index contributed by atoms with van der Waals surface area (Å²) in [5.74, 6) is 1.19. The van der Waals surface area contributed by atoms with Crippen molar-refractivity contribution in [3.63, 3.8) is 0 Å². The van der Waals surface area contributed by atoms with E-state index in [0.717, 1.165) is 24.9 Å². The molecular formula is C24H24ClNO5. The van der Waals surface area contributed by atoms with Gasteiger partial charge in [0.15, 0.2) is 12.6 Å². The number of hydrogen-bond donors (Lipinski definition) is 1. The Hall–Kier alpha value is -2.54. The molecule has 0 bridgehead atoms. The smallest absolute Gasteiger partial charge is 0.231 e. The number of likely N-dealkylation sites (tertiary alicyclic amines) is 1. The molecule has 3 aliphatic heterocycles. The van der Waals surface area contributed by atoms with Crippen LogP contribution in [0.25, 0.3) is 6.08 Å². The van der Waals surface area contributed by atoms with Crippen LogP contribution < -0.4 is 9.47 Å². The van der Waals surface area contributed by atoms with Gasteiger partial charge in [0.2, 0.25) is 5.78 Å². The van der Waals surface area contributed by atoms with Gasteiger partial charge in [-0.15, -0.1) is 0 Å². The number of allylic oxidation sites excluding steroid dienone is 1. The van der Waals surface area contributed by atoms with Crippen LogP contribution in [-0.4, -0.2) is 35.2 Å². The first kappa shape index (κ1) is 20.4. The molecule has 162 valence electrons. The number of halogens is 1. The molecule has 3 aliphatic rings. The molecule has 0 spiro atoms. The van der Waals surface area contributed by atoms with Crippen molar-refractivity contribution in [1.82, 2.24) is 4.90 Å². The molecule has 0 unspecified atom stereocenters. The normalized spacial score (nSPS) is 22.1. The summed E-state index contributed by atoms with van der Waals surface area (Å²) in [6.07, 6.45) is 5.14. The van der Waals surface area contributed by atoms with Gasteiger partial charge in [-0.1, -0.05) is 18.0 Å². The molecule has 2 aromatic rings. The summed E-state index contributed by atoms with van der Waals surface area (Å²) in [6, 6.07) is 7.16. The summed E-state index contributed by atoms with van der Waals surface area (Å²) >= 11 is 6.26. The van der Waals surface area contributed by atoms with Gasteiger partial charge in [-0.25, -0.2) is 0 Å². The van der Waals surface area contributed by atoms with Gasteiger partial charge in [-0.3, -0.25) is 9.69 Å². The molecule has 0 aliphatic carbocycles. The molecule has 7 heteroatoms. The molecule has 0 aromatic heterocycles. The zero-order valence-electron chi connectivity index (χ0n) is 17.3. The fourth-order valence-electron chi connectivity index (χ4n) is 4.50. The Morgan fingerprint density at radius 1 is 1.26 bits per heavy atom. The van der Waals surface area contributed by atoms with Crippen LogP contribution in [0.2, 0.25) is 5.02 Å². The first-order valence-corrected chi connectivity index (χ1v) is 10.9. The number of benzene rings is 2. The van der Waals surface area contributed by atoms with Crippen molar-refractivity contribution in [1.29, 1.82) is 0 Å². The molecule has 1 atom stereocenters. The highest BCUT2D eigenvalue weighted by atomic mass is 35.5. The van der Waals surface area contributed by atoms with Gasteiger partial charge in [0.25, 0.3) is 0 Å². The van der Waals surface area contributed by atoms with Crippen molar-refractivity contribution in [3.8, 4) is 17.2 Å². The van der Waals surface area contributed by atoms with E-state index in [2.05, 4.69) is 11.8 Å². The van der Waals surface area contributed by atoms with Crippen LogP contribution in [0.3, 0.4) is 0 Å². The second-order valence-corrected chi connectivity index (χ2v) is 8.73. The predicted molar refractivity (Wildman–Crippen MR) is 117 cm³/mol. The minimum absolute atomic E-state index is 0.145. The molecule has 1 saturated heterocycles. The molecular weight excluding hydrogens is 418 g/mol. The molecule has 0 amide bonds. The van der Waals surface area contributed by atoms with E-state index in [1.165, 1.54) is 6.42 Å². The number of piperidine rings is 1. The molecule has 5 rings (SSSR count). The number of phenolic OH excluding ortho intramolecular Hbond substituents is 1. The number of Topliss-reactive ketones (excluding diaryl/α,β-unsaturated/α-hetero) is 1. The predicted octanol–water partition coefficient (Wildman–Crippen LogP) is 4.90. The second-order valence-electron chi connectivity index (χ2n) is 8.29. The Morgan fingerprint density at radius 3 is 2.97 bits per heavy atom. The average molecular weight is 442 g/mol. The number of carbonyl (C=O) groups excluding carboxylic acids is 1. The maximum Gasteiger partial charge on any atom is 0.231 e. The van der Waals surface area contributed by atoms with Gasteiger partial charge in [-0.05, 0) is 56.7 Å². The molecule has 31 heavy (non-hydrogen) atoms. The number of fused-ring (bicyclic) bond motifs is 2. The lowest BCUT2D eigenvalue weighted by atomic mass is 10.0. The Morgan fingerprint density at radius 2 is 2.13 bits per heavy atom. The van der Waals surface area contributed by atoms with E-state index in [-0.39, 0.29) is 24.1 Å². The van der Waals surface area contributed by atoms with Crippen molar-refractivity contribution in [2.75, 3.05) is 13.3 Å². The highest BCUT2D eigenvalue weighted by Crippen LogP contribution is 2.42. The Balaban J connectivity index is 1.50. The summed E-state index contributed by atoms with van der Waals surface area (Å²) in [4.78, 5) is 15.4. The summed E-state index contributed by atoms with van der Waals surface area (Å²) in [5.41, 5.74) is 2.60. The number of rotatable bonds is 3. The van der Waals surface area contributed by atoms with Crippen molar-refractivity contribution in [3.05, 3.63) is 57.3 Å². The molecule has 2 aromatic carbocycles. The summed E-state index contributed by atoms with van der Waals surface area (Å²) < 4.78 is 17.0. The van der Waals surface area contributed by atoms with Gasteiger partial charge in [0.1, 0.15) is 17.2 Å². The molecule has 6 nitrogen and oxygen atoms in total. The number of nitrogens with zero attached hydrogens (tertiary/aromatic N) is 1. The van der Waals surface area contributed by atoms with E-state index in [1.807, 2.05) is 0 Å². The monoisotopic (exact) mass is 441 g/mol. The highest BCUT2D eigenvalue weighted by Gasteiger charge is 2.33. The van der Waals surface area contributed by atoms with E-state index in [4.69, 9.17) is 25.8 Å². The van der Waals surface area contributed by atoms with Crippen molar-refractivity contribution >= 4 is 23.5 Å². The Bertz CT molecular complexity index is 1080. The zero-order chi connectivity index (χ0) is 21.5. The molecule has 0 radical (unpaired) electrons. The number of ketones is 1. The molecule has 1 fully saturated rings. The van der Waals surface area contributed by atoms with Gasteiger partial charge in [0.05, 0.1) is 17.7 Å². The maximum absolute atomic E-state index is 13.1. The van der Waals surface area contributed by atoms with Crippen molar-refractivity contribution in [2.24, 2.45) is 0 Å². The van der Waals surface area contributed by atoms with Crippen LogP contribution in [-0.2, 0) is 17.9 Å². The van der Waals surface area contributed by atoms with Crippen LogP contribution in [0.1, 0.15) is 53.2 Å². The minimum atomic E-state index is -0.219. The van der Waals surface area contributed by atoms with E-state index < -0.39 is 0 Å². The van der Waals surface area contributed by atoms with Crippen LogP contribution in [0.5, 0.6) is 17.2 Å². The van der Waals surface area contributed by atoms with Crippen molar-refractivity contribution < 1.29 is 24.1 Å². The van der Waals surface area contributed by atoms with Crippen LogP contribution >= 0.6 is 11.6 Å². The van der Waals surface area contributed by atoms with Gasteiger partial charge in [-0.2, -0.15) is 0 Å². The van der Waals surface area contributed by atoms with E-state index in [9.17, 15) is 9.90 Å². The SMILES string of the molecule is C[C@@H]1CCCCN1Cc1c(O)ccc2c1O/C(=C\c1cc(Cl)cc3c1OCOC3)C2=O. The topological polar surface area (TPSA) is 68.2 Å². The standard InChI is InChI=1S/C24H24ClNO5/c1-14-4-2-3-7-26(14)11-19-20(27)6-5-18-22(28)21(31-24(18)19)10-15-8-17(25)9-16-12-29-13-30-23(15)16/h5-6,8-10,14,27H,2-4,7,11-13H2,1H3/b21-10-/t14-/m1/s1. The number of aromatic hydroxyl groups is 1. The highest BCUT2D eigenvalue weighted by molar-refractivity contribution is 6.31. The van der Waals surface area contributed by atoms with Crippen LogP contribution in [0.15, 0.2) is 30.0 Å².